The van der Waals surface area contributed by atoms with Crippen LogP contribution in [0.3, 0.4) is 0 Å². The normalized spacial score (nSPS) is 10.6. The van der Waals surface area contributed by atoms with E-state index in [2.05, 4.69) is 4.99 Å². The molecule has 20 heavy (non-hydrogen) atoms. The van der Waals surface area contributed by atoms with Crippen molar-refractivity contribution in [1.82, 2.24) is 0 Å². The zero-order chi connectivity index (χ0) is 14.5. The van der Waals surface area contributed by atoms with Crippen LogP contribution in [0.1, 0.15) is 15.9 Å². The van der Waals surface area contributed by atoms with Crippen LogP contribution in [0, 0.1) is 10.1 Å². The topological polar surface area (TPSA) is 98.6 Å². The van der Waals surface area contributed by atoms with Gasteiger partial charge in [-0.15, -0.1) is 0 Å². The first-order valence-corrected chi connectivity index (χ1v) is 5.74. The summed E-state index contributed by atoms with van der Waals surface area (Å²) in [5.41, 5.74) is 6.69. The Morgan fingerprint density at radius 3 is 2.65 bits per heavy atom. The number of nitro benzene ring substituents is 1. The van der Waals surface area contributed by atoms with Crippen LogP contribution < -0.4 is 5.73 Å². The molecule has 6 heteroatoms. The van der Waals surface area contributed by atoms with Gasteiger partial charge in [0.15, 0.2) is 0 Å². The van der Waals surface area contributed by atoms with Gasteiger partial charge in [-0.3, -0.25) is 19.9 Å². The monoisotopic (exact) mass is 269 g/mol. The lowest BCUT2D eigenvalue weighted by atomic mass is 10.2. The molecule has 0 aliphatic rings. The number of nitro groups is 1. The number of aliphatic imine (C=N–C) groups is 1. The summed E-state index contributed by atoms with van der Waals surface area (Å²) in [5, 5.41) is 10.7. The molecule has 2 aromatic rings. The highest BCUT2D eigenvalue weighted by Gasteiger charge is 2.04. The molecule has 0 saturated carbocycles. The quantitative estimate of drug-likeness (QED) is 0.524. The third-order valence-corrected chi connectivity index (χ3v) is 2.57. The molecule has 0 heterocycles. The number of non-ortho nitro benzene ring substituents is 1. The van der Waals surface area contributed by atoms with Crippen molar-refractivity contribution in [3.8, 4) is 0 Å². The highest BCUT2D eigenvalue weighted by atomic mass is 16.6. The van der Waals surface area contributed by atoms with E-state index in [-0.39, 0.29) is 5.69 Å². The van der Waals surface area contributed by atoms with Crippen molar-refractivity contribution >= 4 is 23.5 Å². The minimum atomic E-state index is -0.530. The predicted molar refractivity (Wildman–Crippen MR) is 75.3 cm³/mol. The molecule has 2 aromatic carbocycles. The average Bonchev–Trinajstić information content (AvgIpc) is 2.45. The first-order valence-electron chi connectivity index (χ1n) is 5.74. The van der Waals surface area contributed by atoms with Crippen molar-refractivity contribution in [2.75, 3.05) is 0 Å². The highest BCUT2D eigenvalue weighted by Crippen LogP contribution is 2.15. The maximum absolute atomic E-state index is 11.0. The predicted octanol–water partition coefficient (Wildman–Crippen LogP) is 2.44. The Hall–Kier alpha value is -3.02. The second-order valence-electron chi connectivity index (χ2n) is 4.02. The number of benzene rings is 2. The third kappa shape index (κ3) is 3.26. The molecule has 0 bridgehead atoms. The van der Waals surface area contributed by atoms with Crippen molar-refractivity contribution in [2.45, 2.75) is 0 Å². The molecule has 0 aliphatic heterocycles. The SMILES string of the molecule is NC(=O)c1cccc(N=Cc2cccc([N+](=O)[O-])c2)c1. The molecular formula is C14H11N3O3. The van der Waals surface area contributed by atoms with Crippen molar-refractivity contribution in [3.05, 3.63) is 69.8 Å². The molecule has 1 amide bonds. The fourth-order valence-electron chi connectivity index (χ4n) is 1.61. The zero-order valence-corrected chi connectivity index (χ0v) is 10.4. The minimum Gasteiger partial charge on any atom is -0.366 e. The summed E-state index contributed by atoms with van der Waals surface area (Å²) >= 11 is 0. The van der Waals surface area contributed by atoms with Crippen LogP contribution in [0.25, 0.3) is 0 Å². The van der Waals surface area contributed by atoms with Gasteiger partial charge < -0.3 is 5.73 Å². The molecule has 100 valence electrons. The largest absolute Gasteiger partial charge is 0.366 e. The van der Waals surface area contributed by atoms with Gasteiger partial charge in [-0.25, -0.2) is 0 Å². The number of hydrogen-bond donors (Lipinski definition) is 1. The van der Waals surface area contributed by atoms with Crippen LogP contribution >= 0.6 is 0 Å². The molecule has 0 aliphatic carbocycles. The second kappa shape index (κ2) is 5.75. The summed E-state index contributed by atoms with van der Waals surface area (Å²) < 4.78 is 0. The molecule has 0 saturated heterocycles. The Kier molecular flexibility index (Phi) is 3.85. The van der Waals surface area contributed by atoms with E-state index >= 15 is 0 Å². The fourth-order valence-corrected chi connectivity index (χ4v) is 1.61. The second-order valence-corrected chi connectivity index (χ2v) is 4.02. The summed E-state index contributed by atoms with van der Waals surface area (Å²) in [6, 6.07) is 12.6. The van der Waals surface area contributed by atoms with Crippen LogP contribution in [0.2, 0.25) is 0 Å². The van der Waals surface area contributed by atoms with Crippen LogP contribution in [-0.4, -0.2) is 17.0 Å². The standard InChI is InChI=1S/C14H11N3O3/c15-14(18)11-4-2-5-12(8-11)16-9-10-3-1-6-13(7-10)17(19)20/h1-9H,(H2,15,18). The molecule has 0 unspecified atom stereocenters. The van der Waals surface area contributed by atoms with Gasteiger partial charge in [0.25, 0.3) is 5.69 Å². The number of carbonyl (C=O) groups excluding carboxylic acids is 1. The van der Waals surface area contributed by atoms with Gasteiger partial charge in [0.1, 0.15) is 0 Å². The van der Waals surface area contributed by atoms with E-state index < -0.39 is 10.8 Å². The molecule has 2 N–H and O–H groups in total. The Labute approximate surface area is 114 Å². The van der Waals surface area contributed by atoms with Crippen LogP contribution in [0.15, 0.2) is 53.5 Å². The van der Waals surface area contributed by atoms with Crippen molar-refractivity contribution in [3.63, 3.8) is 0 Å². The van der Waals surface area contributed by atoms with Crippen LogP contribution in [0.5, 0.6) is 0 Å². The van der Waals surface area contributed by atoms with Crippen molar-refractivity contribution in [1.29, 1.82) is 0 Å². The maximum Gasteiger partial charge on any atom is 0.270 e. The maximum atomic E-state index is 11.0. The molecule has 0 fully saturated rings. The molecule has 0 aromatic heterocycles. The van der Waals surface area contributed by atoms with E-state index in [1.807, 2.05) is 0 Å². The van der Waals surface area contributed by atoms with Gasteiger partial charge in [0.05, 0.1) is 10.6 Å². The Bertz CT molecular complexity index is 636. The fraction of sp³-hybridized carbons (Fsp3) is 0. The third-order valence-electron chi connectivity index (χ3n) is 2.57. The van der Waals surface area contributed by atoms with E-state index in [9.17, 15) is 14.9 Å². The van der Waals surface area contributed by atoms with Crippen molar-refractivity contribution in [2.24, 2.45) is 10.7 Å². The summed E-state index contributed by atoms with van der Waals surface area (Å²) in [7, 11) is 0. The summed E-state index contributed by atoms with van der Waals surface area (Å²) in [6.45, 7) is 0. The van der Waals surface area contributed by atoms with Gasteiger partial charge in [0.2, 0.25) is 5.91 Å². The van der Waals surface area contributed by atoms with Crippen LogP contribution in [-0.2, 0) is 0 Å². The van der Waals surface area contributed by atoms with Gasteiger partial charge >= 0.3 is 0 Å². The van der Waals surface area contributed by atoms with E-state index in [4.69, 9.17) is 5.73 Å². The lowest BCUT2D eigenvalue weighted by Gasteiger charge is -1.98. The van der Waals surface area contributed by atoms with E-state index in [0.29, 0.717) is 16.8 Å². The minimum absolute atomic E-state index is 0.000151. The Balaban J connectivity index is 2.25. The number of primary amides is 1. The number of amides is 1. The molecule has 0 radical (unpaired) electrons. The van der Waals surface area contributed by atoms with E-state index in [1.54, 1.807) is 36.4 Å². The van der Waals surface area contributed by atoms with Gasteiger partial charge in [-0.05, 0) is 23.8 Å². The Morgan fingerprint density at radius 2 is 1.95 bits per heavy atom. The van der Waals surface area contributed by atoms with Crippen molar-refractivity contribution < 1.29 is 9.72 Å². The summed E-state index contributed by atoms with van der Waals surface area (Å²) in [5.74, 6) is -0.530. The lowest BCUT2D eigenvalue weighted by Crippen LogP contribution is -2.10. The summed E-state index contributed by atoms with van der Waals surface area (Å²) in [4.78, 5) is 25.4. The number of nitrogens with two attached hydrogens (primary N) is 1. The molecule has 6 nitrogen and oxygen atoms in total. The number of hydrogen-bond acceptors (Lipinski definition) is 4. The number of nitrogens with zero attached hydrogens (tertiary/aromatic N) is 2. The molecule has 0 spiro atoms. The number of rotatable bonds is 4. The lowest BCUT2D eigenvalue weighted by molar-refractivity contribution is -0.384. The van der Waals surface area contributed by atoms with E-state index in [0.717, 1.165) is 0 Å². The van der Waals surface area contributed by atoms with Gasteiger partial charge in [-0.2, -0.15) is 0 Å². The zero-order valence-electron chi connectivity index (χ0n) is 10.4. The summed E-state index contributed by atoms with van der Waals surface area (Å²) in [6.07, 6.45) is 1.49. The highest BCUT2D eigenvalue weighted by molar-refractivity contribution is 5.94. The molecule has 0 atom stereocenters. The van der Waals surface area contributed by atoms with E-state index in [1.165, 1.54) is 18.3 Å². The Morgan fingerprint density at radius 1 is 1.20 bits per heavy atom. The average molecular weight is 269 g/mol. The smallest absolute Gasteiger partial charge is 0.270 e. The molecule has 2 rings (SSSR count). The first-order chi connectivity index (χ1) is 9.56. The first kappa shape index (κ1) is 13.4. The molecular weight excluding hydrogens is 258 g/mol. The van der Waals surface area contributed by atoms with Gasteiger partial charge in [-0.1, -0.05) is 18.2 Å². The van der Waals surface area contributed by atoms with Crippen LogP contribution in [0.4, 0.5) is 11.4 Å². The number of carbonyl (C=O) groups is 1. The van der Waals surface area contributed by atoms with Gasteiger partial charge in [0, 0.05) is 23.9 Å².